The zero-order chi connectivity index (χ0) is 16.6. The van der Waals surface area contributed by atoms with Crippen LogP contribution in [0, 0.1) is 10.1 Å². The Kier molecular flexibility index (Phi) is 4.04. The van der Waals surface area contributed by atoms with Gasteiger partial charge in [-0.15, -0.1) is 11.3 Å². The van der Waals surface area contributed by atoms with Crippen LogP contribution in [0.15, 0.2) is 29.6 Å². The number of nitrogens with one attached hydrogen (secondary N) is 1. The number of anilines is 1. The Labute approximate surface area is 137 Å². The minimum atomic E-state index is -0.473. The van der Waals surface area contributed by atoms with Crippen molar-refractivity contribution >= 4 is 28.6 Å². The van der Waals surface area contributed by atoms with Crippen molar-refractivity contribution in [2.75, 3.05) is 18.9 Å². The van der Waals surface area contributed by atoms with Gasteiger partial charge in [-0.1, -0.05) is 0 Å². The van der Waals surface area contributed by atoms with E-state index in [4.69, 9.17) is 0 Å². The summed E-state index contributed by atoms with van der Waals surface area (Å²) in [5.41, 5.74) is 1.84. The molecule has 23 heavy (non-hydrogen) atoms. The van der Waals surface area contributed by atoms with E-state index in [2.05, 4.69) is 11.4 Å². The molecule has 1 aliphatic rings. The van der Waals surface area contributed by atoms with Gasteiger partial charge in [0.25, 0.3) is 11.6 Å². The Morgan fingerprint density at radius 3 is 2.91 bits per heavy atom. The van der Waals surface area contributed by atoms with Crippen LogP contribution < -0.4 is 5.32 Å². The lowest BCUT2D eigenvalue weighted by atomic mass is 10.00. The maximum atomic E-state index is 12.8. The van der Waals surface area contributed by atoms with Gasteiger partial charge in [0.1, 0.15) is 5.69 Å². The number of nitrogens with zero attached hydrogens (tertiary/aromatic N) is 2. The molecule has 0 saturated carbocycles. The normalized spacial score (nSPS) is 16.8. The summed E-state index contributed by atoms with van der Waals surface area (Å²) in [6.45, 7) is 2.63. The van der Waals surface area contributed by atoms with E-state index in [1.165, 1.54) is 16.5 Å². The number of carbonyl (C=O) groups excluding carboxylic acids is 1. The largest absolute Gasteiger partial charge is 0.383 e. The molecular weight excluding hydrogens is 314 g/mol. The van der Waals surface area contributed by atoms with Crippen LogP contribution in [0.4, 0.5) is 11.4 Å². The van der Waals surface area contributed by atoms with Crippen molar-refractivity contribution in [1.29, 1.82) is 0 Å². The number of hydrogen-bond donors (Lipinski definition) is 1. The molecule has 2 heterocycles. The highest BCUT2D eigenvalue weighted by Crippen LogP contribution is 2.34. The molecule has 0 fully saturated rings. The van der Waals surface area contributed by atoms with Crippen LogP contribution >= 0.6 is 11.3 Å². The molecule has 0 bridgehead atoms. The number of nitro groups is 1. The lowest BCUT2D eigenvalue weighted by Gasteiger charge is -2.33. The molecule has 6 nitrogen and oxygen atoms in total. The van der Waals surface area contributed by atoms with Gasteiger partial charge in [-0.05, 0) is 42.5 Å². The Hall–Kier alpha value is -2.41. The minimum Gasteiger partial charge on any atom is -0.383 e. The van der Waals surface area contributed by atoms with Gasteiger partial charge in [0.15, 0.2) is 0 Å². The Balaban J connectivity index is 1.92. The molecule has 1 amide bonds. The van der Waals surface area contributed by atoms with Crippen LogP contribution in [0.25, 0.3) is 0 Å². The quantitative estimate of drug-likeness (QED) is 0.690. The first-order valence-corrected chi connectivity index (χ1v) is 8.24. The molecule has 1 aromatic heterocycles. The summed E-state index contributed by atoms with van der Waals surface area (Å²) in [6, 6.07) is 6.61. The first-order valence-electron chi connectivity index (χ1n) is 7.36. The molecule has 1 aliphatic heterocycles. The Bertz CT molecular complexity index is 772. The second-order valence-electron chi connectivity index (χ2n) is 5.46. The van der Waals surface area contributed by atoms with E-state index in [9.17, 15) is 14.9 Å². The minimum absolute atomic E-state index is 0.0134. The van der Waals surface area contributed by atoms with Crippen molar-refractivity contribution in [2.45, 2.75) is 19.4 Å². The molecule has 0 saturated heterocycles. The highest BCUT2D eigenvalue weighted by atomic mass is 32.1. The molecule has 0 aliphatic carbocycles. The van der Waals surface area contributed by atoms with Gasteiger partial charge in [-0.2, -0.15) is 0 Å². The van der Waals surface area contributed by atoms with Gasteiger partial charge in [0.05, 0.1) is 11.0 Å². The number of rotatable bonds is 3. The van der Waals surface area contributed by atoms with E-state index in [0.717, 1.165) is 6.42 Å². The number of benzene rings is 1. The summed E-state index contributed by atoms with van der Waals surface area (Å²) >= 11 is 1.71. The number of hydrogen-bond acceptors (Lipinski definition) is 5. The molecule has 1 N–H and O–H groups in total. The van der Waals surface area contributed by atoms with Crippen molar-refractivity contribution in [2.24, 2.45) is 0 Å². The van der Waals surface area contributed by atoms with Crippen LogP contribution in [0.5, 0.6) is 0 Å². The first-order chi connectivity index (χ1) is 11.0. The molecule has 0 radical (unpaired) electrons. The molecule has 0 unspecified atom stereocenters. The summed E-state index contributed by atoms with van der Waals surface area (Å²) in [7, 11) is 1.62. The van der Waals surface area contributed by atoms with E-state index < -0.39 is 4.92 Å². The zero-order valence-electron chi connectivity index (χ0n) is 12.9. The number of amides is 1. The Morgan fingerprint density at radius 1 is 1.43 bits per heavy atom. The van der Waals surface area contributed by atoms with Crippen LogP contribution in [0.3, 0.4) is 0 Å². The van der Waals surface area contributed by atoms with Crippen molar-refractivity contribution < 1.29 is 9.72 Å². The van der Waals surface area contributed by atoms with E-state index in [-0.39, 0.29) is 17.6 Å². The number of carbonyl (C=O) groups is 1. The average Bonchev–Trinajstić information content (AvgIpc) is 3.03. The van der Waals surface area contributed by atoms with Crippen molar-refractivity contribution in [3.63, 3.8) is 0 Å². The van der Waals surface area contributed by atoms with Crippen molar-refractivity contribution in [3.05, 3.63) is 55.8 Å². The second kappa shape index (κ2) is 6.00. The van der Waals surface area contributed by atoms with Gasteiger partial charge in [0.2, 0.25) is 0 Å². The highest BCUT2D eigenvalue weighted by Gasteiger charge is 2.30. The molecule has 1 aromatic carbocycles. The predicted molar refractivity (Wildman–Crippen MR) is 90.1 cm³/mol. The topological polar surface area (TPSA) is 75.5 Å². The molecule has 7 heteroatoms. The summed E-state index contributed by atoms with van der Waals surface area (Å²) in [5.74, 6) is -0.167. The van der Waals surface area contributed by atoms with Gasteiger partial charge in [-0.25, -0.2) is 0 Å². The smallest absolute Gasteiger partial charge is 0.293 e. The van der Waals surface area contributed by atoms with Crippen LogP contribution in [-0.4, -0.2) is 29.3 Å². The van der Waals surface area contributed by atoms with Gasteiger partial charge in [-0.3, -0.25) is 14.9 Å². The number of fused-ring (bicyclic) bond motifs is 1. The molecule has 1 atom stereocenters. The van der Waals surface area contributed by atoms with E-state index in [1.807, 2.05) is 12.3 Å². The fourth-order valence-electron chi connectivity index (χ4n) is 2.98. The summed E-state index contributed by atoms with van der Waals surface area (Å²) < 4.78 is 0. The van der Waals surface area contributed by atoms with E-state index in [0.29, 0.717) is 17.8 Å². The third-order valence-corrected chi connectivity index (χ3v) is 5.25. The third kappa shape index (κ3) is 2.68. The molecule has 2 aromatic rings. The van der Waals surface area contributed by atoms with Crippen LogP contribution in [0.1, 0.15) is 33.8 Å². The van der Waals surface area contributed by atoms with E-state index in [1.54, 1.807) is 35.4 Å². The standard InChI is InChI=1S/C16H17N3O3S/c1-10-12-6-8-23-15(12)5-7-18(10)16(20)11-3-4-13(17-2)14(9-11)19(21)22/h3-4,6,8-10,17H,5,7H2,1-2H3/t10-/m1/s1. The molecular formula is C16H17N3O3S. The van der Waals surface area contributed by atoms with Crippen molar-refractivity contribution in [1.82, 2.24) is 4.90 Å². The SMILES string of the molecule is CNc1ccc(C(=O)N2CCc3sccc3[C@H]2C)cc1[N+](=O)[O-]. The van der Waals surface area contributed by atoms with Crippen LogP contribution in [0.2, 0.25) is 0 Å². The monoisotopic (exact) mass is 331 g/mol. The van der Waals surface area contributed by atoms with Gasteiger partial charge < -0.3 is 10.2 Å². The van der Waals surface area contributed by atoms with E-state index >= 15 is 0 Å². The number of nitro benzene ring substituents is 1. The fraction of sp³-hybridized carbons (Fsp3) is 0.312. The fourth-order valence-corrected chi connectivity index (χ4v) is 3.94. The predicted octanol–water partition coefficient (Wildman–Crippen LogP) is 3.46. The highest BCUT2D eigenvalue weighted by molar-refractivity contribution is 7.10. The van der Waals surface area contributed by atoms with Gasteiger partial charge in [0, 0.05) is 30.1 Å². The molecule has 0 spiro atoms. The average molecular weight is 331 g/mol. The maximum Gasteiger partial charge on any atom is 0.293 e. The second-order valence-corrected chi connectivity index (χ2v) is 6.46. The number of thiophene rings is 1. The molecule has 120 valence electrons. The summed E-state index contributed by atoms with van der Waals surface area (Å²) in [6.07, 6.45) is 0.833. The lowest BCUT2D eigenvalue weighted by molar-refractivity contribution is -0.384. The van der Waals surface area contributed by atoms with Crippen LogP contribution in [-0.2, 0) is 6.42 Å². The lowest BCUT2D eigenvalue weighted by Crippen LogP contribution is -2.38. The van der Waals surface area contributed by atoms with Crippen molar-refractivity contribution in [3.8, 4) is 0 Å². The van der Waals surface area contributed by atoms with Gasteiger partial charge >= 0.3 is 0 Å². The third-order valence-electron chi connectivity index (χ3n) is 4.25. The zero-order valence-corrected chi connectivity index (χ0v) is 13.7. The first kappa shape index (κ1) is 15.5. The Morgan fingerprint density at radius 2 is 2.22 bits per heavy atom. The summed E-state index contributed by atoms with van der Waals surface area (Å²) in [4.78, 5) is 26.6. The maximum absolute atomic E-state index is 12.8. The summed E-state index contributed by atoms with van der Waals surface area (Å²) in [5, 5.41) is 16.0. The molecule has 3 rings (SSSR count).